The molecule has 6 aromatic rings. The van der Waals surface area contributed by atoms with Gasteiger partial charge in [0, 0.05) is 93.3 Å². The zero-order valence-corrected chi connectivity index (χ0v) is 46.7. The molecule has 20 heteroatoms. The summed E-state index contributed by atoms with van der Waals surface area (Å²) in [6.07, 6.45) is 14.8. The molecule has 2 aliphatic heterocycles. The van der Waals surface area contributed by atoms with Crippen molar-refractivity contribution >= 4 is 52.1 Å². The Morgan fingerprint density at radius 2 is 1.65 bits per heavy atom. The molecule has 6 heterocycles. The van der Waals surface area contributed by atoms with E-state index in [0.717, 1.165) is 83.6 Å². The van der Waals surface area contributed by atoms with Crippen LogP contribution in [-0.4, -0.2) is 143 Å². The Morgan fingerprint density at radius 1 is 0.910 bits per heavy atom. The van der Waals surface area contributed by atoms with Crippen LogP contribution in [-0.2, 0) is 14.4 Å². The lowest BCUT2D eigenvalue weighted by Crippen LogP contribution is -2.58. The number of anilines is 2. The third kappa shape index (κ3) is 13.8. The van der Waals surface area contributed by atoms with Gasteiger partial charge >= 0.3 is 0 Å². The molecule has 78 heavy (non-hydrogen) atoms. The number of piperazine rings is 1. The predicted molar refractivity (Wildman–Crippen MR) is 301 cm³/mol. The molecule has 9 rings (SSSR count). The molecule has 18 nitrogen and oxygen atoms in total. The van der Waals surface area contributed by atoms with Crippen molar-refractivity contribution < 1.29 is 28.7 Å². The summed E-state index contributed by atoms with van der Waals surface area (Å²) in [4.78, 5) is 74.4. The van der Waals surface area contributed by atoms with Gasteiger partial charge < -0.3 is 36.2 Å². The summed E-state index contributed by atoms with van der Waals surface area (Å²) in [5.41, 5.74) is 8.21. The number of unbranched alkanes of at least 4 members (excludes halogenated alkanes) is 5. The first-order valence-electron chi connectivity index (χ1n) is 27.8. The van der Waals surface area contributed by atoms with Gasteiger partial charge in [0.1, 0.15) is 11.9 Å². The summed E-state index contributed by atoms with van der Waals surface area (Å²) in [5.74, 6) is -0.433. The van der Waals surface area contributed by atoms with Crippen molar-refractivity contribution in [2.45, 2.75) is 142 Å². The first kappa shape index (κ1) is 56.1. The lowest BCUT2D eigenvalue weighted by molar-refractivity contribution is -0.141. The van der Waals surface area contributed by atoms with Crippen molar-refractivity contribution in [2.24, 2.45) is 5.41 Å². The molecular weight excluding hydrogens is 1010 g/mol. The van der Waals surface area contributed by atoms with Crippen molar-refractivity contribution in [2.75, 3.05) is 51.1 Å². The van der Waals surface area contributed by atoms with Crippen LogP contribution in [0.15, 0.2) is 72.8 Å². The number of hydrogen-bond acceptors (Lipinski definition) is 13. The van der Waals surface area contributed by atoms with Gasteiger partial charge in [-0.2, -0.15) is 5.10 Å². The van der Waals surface area contributed by atoms with Crippen LogP contribution in [0.5, 0.6) is 0 Å². The van der Waals surface area contributed by atoms with Gasteiger partial charge in [-0.25, -0.2) is 19.3 Å². The summed E-state index contributed by atoms with van der Waals surface area (Å²) < 4.78 is 17.6. The highest BCUT2D eigenvalue weighted by Gasteiger charge is 2.44. The minimum atomic E-state index is -0.737. The highest BCUT2D eigenvalue weighted by atomic mass is 32.1. The molecule has 0 radical (unpaired) electrons. The number of β-amino-alcohol motifs (C(OH)–C–C–N with tert-alkyl or cyclic N) is 1. The van der Waals surface area contributed by atoms with Gasteiger partial charge in [-0.3, -0.25) is 33.6 Å². The Bertz CT molecular complexity index is 3020. The normalized spacial score (nSPS) is 18.3. The summed E-state index contributed by atoms with van der Waals surface area (Å²) in [6.45, 7) is 15.0. The second-order valence-corrected chi connectivity index (χ2v) is 23.5. The Hall–Kier alpha value is -6.61. The first-order chi connectivity index (χ1) is 37.5. The monoisotopic (exact) mass is 1090 g/mol. The van der Waals surface area contributed by atoms with Gasteiger partial charge in [-0.15, -0.1) is 11.3 Å². The van der Waals surface area contributed by atoms with Gasteiger partial charge in [-0.05, 0) is 87.6 Å². The summed E-state index contributed by atoms with van der Waals surface area (Å²) in [5, 5.41) is 30.7. The Labute approximate surface area is 460 Å². The number of hydrogen-bond donors (Lipinski definition) is 6. The van der Waals surface area contributed by atoms with Crippen LogP contribution in [0.3, 0.4) is 0 Å². The Morgan fingerprint density at radius 3 is 2.33 bits per heavy atom. The first-order valence-corrected chi connectivity index (χ1v) is 28.6. The van der Waals surface area contributed by atoms with E-state index in [1.165, 1.54) is 6.07 Å². The maximum Gasteiger partial charge on any atom is 0.254 e. The van der Waals surface area contributed by atoms with Crippen LogP contribution in [0.2, 0.25) is 0 Å². The molecule has 3 fully saturated rings. The van der Waals surface area contributed by atoms with E-state index in [9.17, 15) is 24.3 Å². The number of imidazole rings is 1. The number of likely N-dealkylation sites (tertiary alicyclic amines) is 1. The second kappa shape index (κ2) is 25.0. The number of halogens is 1. The zero-order valence-electron chi connectivity index (χ0n) is 45.9. The predicted octanol–water partition coefficient (Wildman–Crippen LogP) is 8.15. The molecule has 2 saturated heterocycles. The maximum absolute atomic E-state index is 15.7. The number of carbonyl (C=O) groups is 4. The number of aliphatic hydroxyl groups is 1. The summed E-state index contributed by atoms with van der Waals surface area (Å²) in [6, 6.07) is 11.9. The van der Waals surface area contributed by atoms with Crippen LogP contribution in [0.4, 0.5) is 15.9 Å². The van der Waals surface area contributed by atoms with E-state index in [-0.39, 0.29) is 66.1 Å². The summed E-state index contributed by atoms with van der Waals surface area (Å²) >= 11 is 1.63. The van der Waals surface area contributed by atoms with E-state index in [4.69, 9.17) is 4.98 Å². The number of aromatic amines is 1. The van der Waals surface area contributed by atoms with Crippen molar-refractivity contribution in [3.8, 4) is 21.7 Å². The molecule has 1 aliphatic carbocycles. The number of rotatable bonds is 23. The van der Waals surface area contributed by atoms with E-state index in [2.05, 4.69) is 79.5 Å². The number of benzene rings is 2. The van der Waals surface area contributed by atoms with Crippen LogP contribution in [0.25, 0.3) is 27.3 Å². The number of nitrogens with one attached hydrogen (secondary N) is 5. The number of aliphatic hydroxyl groups excluding tert-OH is 1. The lowest BCUT2D eigenvalue weighted by atomic mass is 9.85. The number of thiazole rings is 1. The number of amides is 4. The van der Waals surface area contributed by atoms with Crippen LogP contribution in [0.1, 0.15) is 138 Å². The number of aryl methyl sites for hydroxylation is 1. The van der Waals surface area contributed by atoms with Crippen molar-refractivity contribution in [1.82, 2.24) is 60.2 Å². The van der Waals surface area contributed by atoms with E-state index < -0.39 is 23.4 Å². The number of fused-ring (bicyclic) bond motifs is 1. The molecule has 4 amide bonds. The van der Waals surface area contributed by atoms with Crippen LogP contribution < -0.4 is 21.3 Å². The lowest BCUT2D eigenvalue weighted by Gasteiger charge is -2.38. The second-order valence-electron chi connectivity index (χ2n) is 22.6. The SMILES string of the molecule is Cc1ncsc1-c1ccc([C@H](C)N[C@H](C)[C@H]2C[C@H](O)CN2C(=O)C(NC(=O)CCCCCCCCNC(=O)CN2CCN(C(=O)c3ccc(Nc4nc(C5CC5)cn5c(-c6cn[nH]c6)cnc45)c(F)c3)CC2)C(C)(C)C)cc1. The van der Waals surface area contributed by atoms with Gasteiger partial charge in [-0.1, -0.05) is 70.7 Å². The average molecular weight is 1090 g/mol. The molecule has 1 unspecified atom stereocenters. The number of H-pyrrole nitrogens is 1. The molecule has 1 saturated carbocycles. The van der Waals surface area contributed by atoms with Crippen molar-refractivity contribution in [3.63, 3.8) is 0 Å². The fourth-order valence-electron chi connectivity index (χ4n) is 10.8. The molecule has 5 atom stereocenters. The van der Waals surface area contributed by atoms with Gasteiger partial charge in [0.25, 0.3) is 5.91 Å². The summed E-state index contributed by atoms with van der Waals surface area (Å²) in [7, 11) is 0. The Balaban J connectivity index is 0.641. The molecule has 0 bridgehead atoms. The van der Waals surface area contributed by atoms with Crippen molar-refractivity contribution in [1.29, 1.82) is 0 Å². The number of carbonyl (C=O) groups excluding carboxylic acids is 4. The zero-order chi connectivity index (χ0) is 55.1. The molecular formula is C58H76FN13O5S. The maximum atomic E-state index is 15.7. The molecule has 6 N–H and O–H groups in total. The molecule has 4 aromatic heterocycles. The smallest absolute Gasteiger partial charge is 0.254 e. The van der Waals surface area contributed by atoms with Crippen LogP contribution >= 0.6 is 11.3 Å². The van der Waals surface area contributed by atoms with E-state index in [1.54, 1.807) is 51.9 Å². The highest BCUT2D eigenvalue weighted by molar-refractivity contribution is 7.13. The average Bonchev–Trinajstić information content (AvgIpc) is 3.79. The quantitative estimate of drug-likeness (QED) is 0.0335. The fourth-order valence-corrected chi connectivity index (χ4v) is 11.6. The highest BCUT2D eigenvalue weighted by Crippen LogP contribution is 2.41. The molecule has 0 spiro atoms. The largest absolute Gasteiger partial charge is 0.391 e. The van der Waals surface area contributed by atoms with Gasteiger partial charge in [0.15, 0.2) is 11.5 Å². The van der Waals surface area contributed by atoms with E-state index >= 15 is 4.39 Å². The van der Waals surface area contributed by atoms with Gasteiger partial charge in [0.05, 0.1) is 58.2 Å². The Kier molecular flexibility index (Phi) is 18.0. The van der Waals surface area contributed by atoms with E-state index in [0.29, 0.717) is 69.4 Å². The van der Waals surface area contributed by atoms with E-state index in [1.807, 2.05) is 48.7 Å². The number of aromatic nitrogens is 6. The molecule has 3 aliphatic rings. The fraction of sp³-hybridized carbons (Fsp3) is 0.517. The third-order valence-electron chi connectivity index (χ3n) is 15.5. The minimum Gasteiger partial charge on any atom is -0.391 e. The topological polar surface area (TPSA) is 218 Å². The third-order valence-corrected chi connectivity index (χ3v) is 16.5. The van der Waals surface area contributed by atoms with Crippen LogP contribution in [0, 0.1) is 18.2 Å². The number of nitrogens with zero attached hydrogens (tertiary/aromatic N) is 8. The molecule has 416 valence electrons. The molecule has 2 aromatic carbocycles. The minimum absolute atomic E-state index is 0.00847. The van der Waals surface area contributed by atoms with Gasteiger partial charge in [0.2, 0.25) is 17.7 Å². The van der Waals surface area contributed by atoms with Crippen molar-refractivity contribution in [3.05, 3.63) is 101 Å². The standard InChI is InChI=1S/C58H76FN13O5S/c1-36(39-14-18-41(19-15-39)52-38(3)62-35-78-52)65-37(2)48-28-44(73)32-72(48)57(77)53(58(4,5)6)68-50(74)13-11-9-7-8-10-12-22-60-51(75)34-69-23-25-70(26-24-69)56(76)42-20-21-46(45(59)27-42)66-54-55-61-31-49(43-29-63-64-30-43)71(55)33-47(67-54)40-16-17-40/h14-15,18-21,27,29-31,33,35-37,40,44,48,53,65,73H,7-13,16-17,22-26,28,32,34H2,1-6H3,(H,60,75)(H,63,64)(H,66,67)(H,68,74)/t36-,37+,44-,48+,53?/m0/s1.